The number of hydrogen-bond donors (Lipinski definition) is 0. The van der Waals surface area contributed by atoms with E-state index >= 15 is 0 Å². The molecule has 1 aromatic rings. The van der Waals surface area contributed by atoms with Crippen LogP contribution in [-0.4, -0.2) is 24.7 Å². The summed E-state index contributed by atoms with van der Waals surface area (Å²) in [7, 11) is 1.33. The summed E-state index contributed by atoms with van der Waals surface area (Å²) < 4.78 is 11.0. The van der Waals surface area contributed by atoms with Gasteiger partial charge < -0.3 is 9.47 Å². The zero-order chi connectivity index (χ0) is 11.5. The molecule has 0 unspecified atom stereocenters. The molecule has 2 rings (SSSR count). The molecule has 86 valence electrons. The van der Waals surface area contributed by atoms with Gasteiger partial charge in [0.05, 0.1) is 13.7 Å². The van der Waals surface area contributed by atoms with E-state index < -0.39 is 5.97 Å². The molecule has 16 heavy (non-hydrogen) atoms. The van der Waals surface area contributed by atoms with Crippen LogP contribution in [0.3, 0.4) is 0 Å². The Morgan fingerprint density at radius 1 is 1.62 bits per heavy atom. The van der Waals surface area contributed by atoms with E-state index in [1.54, 1.807) is 12.3 Å². The van der Waals surface area contributed by atoms with Crippen molar-refractivity contribution in [2.24, 2.45) is 5.92 Å². The Labute approximate surface area is 102 Å². The summed E-state index contributed by atoms with van der Waals surface area (Å²) in [5, 5.41) is 0. The van der Waals surface area contributed by atoms with Crippen molar-refractivity contribution in [2.45, 2.75) is 12.8 Å². The fourth-order valence-corrected chi connectivity index (χ4v) is 1.58. The summed E-state index contributed by atoms with van der Waals surface area (Å²) in [6.45, 7) is 0.641. The Morgan fingerprint density at radius 3 is 3.00 bits per heavy atom. The fourth-order valence-electron chi connectivity index (χ4n) is 1.27. The molecule has 1 saturated carbocycles. The third-order valence-corrected chi connectivity index (χ3v) is 2.80. The minimum Gasteiger partial charge on any atom is -0.491 e. The Hall–Kier alpha value is -1.10. The van der Waals surface area contributed by atoms with Crippen molar-refractivity contribution in [3.05, 3.63) is 22.4 Å². The molecule has 1 aromatic heterocycles. The Balaban J connectivity index is 2.16. The molecule has 0 N–H and O–H groups in total. The molecule has 1 heterocycles. The van der Waals surface area contributed by atoms with Gasteiger partial charge in [0.1, 0.15) is 0 Å². The number of pyridine rings is 1. The lowest BCUT2D eigenvalue weighted by atomic mass is 10.3. The van der Waals surface area contributed by atoms with Crippen molar-refractivity contribution in [3.63, 3.8) is 0 Å². The minimum absolute atomic E-state index is 0.228. The molecule has 4 nitrogen and oxygen atoms in total. The first-order valence-electron chi connectivity index (χ1n) is 5.07. The molecule has 0 aromatic carbocycles. The standard InChI is InChI=1S/C11H12BrNO3/c1-15-11(14)10-9(4-8(12)5-13-10)16-6-7-2-3-7/h4-5,7H,2-3,6H2,1H3. The predicted octanol–water partition coefficient (Wildman–Crippen LogP) is 2.42. The number of hydrogen-bond acceptors (Lipinski definition) is 4. The average molecular weight is 286 g/mol. The SMILES string of the molecule is COC(=O)c1ncc(Br)cc1OCC1CC1. The summed E-state index contributed by atoms with van der Waals surface area (Å²) in [5.74, 6) is 0.635. The number of methoxy groups -OCH3 is 1. The van der Waals surface area contributed by atoms with Gasteiger partial charge in [-0.15, -0.1) is 0 Å². The van der Waals surface area contributed by atoms with Gasteiger partial charge in [-0.05, 0) is 40.8 Å². The highest BCUT2D eigenvalue weighted by Crippen LogP contribution is 2.30. The molecule has 0 atom stereocenters. The van der Waals surface area contributed by atoms with Crippen molar-refractivity contribution in [3.8, 4) is 5.75 Å². The van der Waals surface area contributed by atoms with E-state index in [2.05, 4.69) is 25.7 Å². The molecule has 1 fully saturated rings. The molecule has 0 bridgehead atoms. The van der Waals surface area contributed by atoms with E-state index in [1.165, 1.54) is 20.0 Å². The first-order valence-corrected chi connectivity index (χ1v) is 5.86. The van der Waals surface area contributed by atoms with E-state index in [0.29, 0.717) is 18.3 Å². The van der Waals surface area contributed by atoms with E-state index in [4.69, 9.17) is 4.74 Å². The zero-order valence-corrected chi connectivity index (χ0v) is 10.5. The van der Waals surface area contributed by atoms with Gasteiger partial charge in [-0.2, -0.15) is 0 Å². The Kier molecular flexibility index (Phi) is 3.43. The lowest BCUT2D eigenvalue weighted by Gasteiger charge is -2.09. The number of esters is 1. The zero-order valence-electron chi connectivity index (χ0n) is 8.90. The van der Waals surface area contributed by atoms with E-state index in [-0.39, 0.29) is 5.69 Å². The predicted molar refractivity (Wildman–Crippen MR) is 61.5 cm³/mol. The highest BCUT2D eigenvalue weighted by molar-refractivity contribution is 9.10. The summed E-state index contributed by atoms with van der Waals surface area (Å²) >= 11 is 3.30. The first-order chi connectivity index (χ1) is 7.70. The molecule has 1 aliphatic rings. The summed E-state index contributed by atoms with van der Waals surface area (Å²) in [6, 6.07) is 1.74. The second-order valence-corrected chi connectivity index (χ2v) is 4.66. The maximum Gasteiger partial charge on any atom is 0.360 e. The van der Waals surface area contributed by atoms with Gasteiger partial charge in [-0.1, -0.05) is 0 Å². The molecule has 0 aliphatic heterocycles. The third-order valence-electron chi connectivity index (χ3n) is 2.37. The van der Waals surface area contributed by atoms with Crippen LogP contribution in [0.25, 0.3) is 0 Å². The van der Waals surface area contributed by atoms with Gasteiger partial charge in [-0.3, -0.25) is 0 Å². The van der Waals surface area contributed by atoms with Crippen LogP contribution >= 0.6 is 15.9 Å². The van der Waals surface area contributed by atoms with Crippen LogP contribution < -0.4 is 4.74 Å². The lowest BCUT2D eigenvalue weighted by Crippen LogP contribution is -2.09. The normalized spacial score (nSPS) is 14.6. The minimum atomic E-state index is -0.474. The molecule has 0 radical (unpaired) electrons. The van der Waals surface area contributed by atoms with Gasteiger partial charge in [0.2, 0.25) is 0 Å². The second-order valence-electron chi connectivity index (χ2n) is 3.75. The van der Waals surface area contributed by atoms with Gasteiger partial charge in [-0.25, -0.2) is 9.78 Å². The van der Waals surface area contributed by atoms with Crippen molar-refractivity contribution in [1.29, 1.82) is 0 Å². The summed E-state index contributed by atoms with van der Waals surface area (Å²) in [6.07, 6.45) is 3.96. The van der Waals surface area contributed by atoms with Gasteiger partial charge in [0, 0.05) is 10.7 Å². The first kappa shape index (κ1) is 11.4. The van der Waals surface area contributed by atoms with Crippen LogP contribution in [-0.2, 0) is 4.74 Å². The van der Waals surface area contributed by atoms with Crippen LogP contribution in [0.1, 0.15) is 23.3 Å². The summed E-state index contributed by atoms with van der Waals surface area (Å²) in [5.41, 5.74) is 0.228. The van der Waals surface area contributed by atoms with Crippen LogP contribution in [0, 0.1) is 5.92 Å². The molecular formula is C11H12BrNO3. The van der Waals surface area contributed by atoms with E-state index in [1.807, 2.05) is 0 Å². The number of rotatable bonds is 4. The van der Waals surface area contributed by atoms with Crippen molar-refractivity contribution in [1.82, 2.24) is 4.98 Å². The summed E-state index contributed by atoms with van der Waals surface area (Å²) in [4.78, 5) is 15.4. The highest BCUT2D eigenvalue weighted by atomic mass is 79.9. The number of carbonyl (C=O) groups excluding carboxylic acids is 1. The molecule has 0 saturated heterocycles. The van der Waals surface area contributed by atoms with Gasteiger partial charge in [0.15, 0.2) is 11.4 Å². The number of carbonyl (C=O) groups is 1. The quantitative estimate of drug-likeness (QED) is 0.797. The van der Waals surface area contributed by atoms with Crippen molar-refractivity contribution < 1.29 is 14.3 Å². The van der Waals surface area contributed by atoms with Crippen LogP contribution in [0.15, 0.2) is 16.7 Å². The van der Waals surface area contributed by atoms with Crippen LogP contribution in [0.4, 0.5) is 0 Å². The maximum atomic E-state index is 11.4. The Bertz CT molecular complexity index is 404. The number of ether oxygens (including phenoxy) is 2. The molecular weight excluding hydrogens is 274 g/mol. The molecule has 1 aliphatic carbocycles. The molecule has 0 spiro atoms. The fraction of sp³-hybridized carbons (Fsp3) is 0.455. The number of aromatic nitrogens is 1. The van der Waals surface area contributed by atoms with E-state index in [9.17, 15) is 4.79 Å². The smallest absolute Gasteiger partial charge is 0.360 e. The number of nitrogens with zero attached hydrogens (tertiary/aromatic N) is 1. The van der Waals surface area contributed by atoms with Gasteiger partial charge >= 0.3 is 5.97 Å². The number of halogens is 1. The molecule has 0 amide bonds. The average Bonchev–Trinajstić information content (AvgIpc) is 3.09. The largest absolute Gasteiger partial charge is 0.491 e. The lowest BCUT2D eigenvalue weighted by molar-refractivity contribution is 0.0588. The third kappa shape index (κ3) is 2.72. The molecule has 5 heteroatoms. The van der Waals surface area contributed by atoms with E-state index in [0.717, 1.165) is 4.47 Å². The van der Waals surface area contributed by atoms with Crippen molar-refractivity contribution >= 4 is 21.9 Å². The van der Waals surface area contributed by atoms with Crippen molar-refractivity contribution in [2.75, 3.05) is 13.7 Å². The monoisotopic (exact) mass is 285 g/mol. The topological polar surface area (TPSA) is 48.4 Å². The second kappa shape index (κ2) is 4.82. The van der Waals surface area contributed by atoms with Crippen LogP contribution in [0.2, 0.25) is 0 Å². The van der Waals surface area contributed by atoms with Crippen LogP contribution in [0.5, 0.6) is 5.75 Å². The Morgan fingerprint density at radius 2 is 2.38 bits per heavy atom. The highest BCUT2D eigenvalue weighted by Gasteiger charge is 2.23. The maximum absolute atomic E-state index is 11.4. The van der Waals surface area contributed by atoms with Gasteiger partial charge in [0.25, 0.3) is 0 Å².